The number of benzene rings is 3. The van der Waals surface area contributed by atoms with Gasteiger partial charge in [-0.05, 0) is 99.5 Å². The number of ether oxygens (including phenoxy) is 7. The average molecular weight is 995 g/mol. The fraction of sp³-hybridized carbons (Fsp3) is 0.281. The van der Waals surface area contributed by atoms with Gasteiger partial charge in [0.15, 0.2) is 19.0 Å². The van der Waals surface area contributed by atoms with Gasteiger partial charge in [0.2, 0.25) is 17.4 Å². The molecule has 3 aliphatic rings. The predicted octanol–water partition coefficient (Wildman–Crippen LogP) is 7.24. The van der Waals surface area contributed by atoms with Crippen molar-refractivity contribution in [3.8, 4) is 11.5 Å². The number of carbonyl (C=O) groups excluding carboxylic acids is 6. The Morgan fingerprint density at radius 1 is 0.658 bits per heavy atom. The van der Waals surface area contributed by atoms with Crippen LogP contribution in [0.3, 0.4) is 0 Å². The zero-order valence-electron chi connectivity index (χ0n) is 41.7. The number of esters is 5. The SMILES string of the molecule is C=C(C)C(=O)OCC(COC(=O)C(=C)C)N(c1ccc(OCC2CO2)cc1)c1ccc(C2=C([O-])C(=C3C=CC(=[N+](c4ccc(OC(=O)C(=C)C)cc4)C(COC(=O)C(=C)C)COC(=O)C(C)C)C=C3)C2=O)cc1. The second kappa shape index (κ2) is 24.2. The van der Waals surface area contributed by atoms with Crippen LogP contribution in [-0.4, -0.2) is 104 Å². The van der Waals surface area contributed by atoms with Crippen molar-refractivity contribution in [2.24, 2.45) is 5.92 Å². The molecular formula is C57H58N2O14. The van der Waals surface area contributed by atoms with Crippen molar-refractivity contribution < 1.29 is 71.6 Å². The highest BCUT2D eigenvalue weighted by molar-refractivity contribution is 6.39. The quantitative estimate of drug-likeness (QED) is 0.0230. The molecule has 16 nitrogen and oxygen atoms in total. The molecule has 2 unspecified atom stereocenters. The summed E-state index contributed by atoms with van der Waals surface area (Å²) in [6, 6.07) is 18.7. The maximum absolute atomic E-state index is 14.0. The van der Waals surface area contributed by atoms with E-state index in [0.29, 0.717) is 52.9 Å². The van der Waals surface area contributed by atoms with E-state index in [9.17, 15) is 33.9 Å². The summed E-state index contributed by atoms with van der Waals surface area (Å²) in [7, 11) is 0. The Morgan fingerprint density at radius 3 is 1.62 bits per heavy atom. The number of allylic oxidation sites excluding steroid dienone is 7. The van der Waals surface area contributed by atoms with E-state index in [1.54, 1.807) is 116 Å². The lowest BCUT2D eigenvalue weighted by Gasteiger charge is -2.34. The summed E-state index contributed by atoms with van der Waals surface area (Å²) in [5.74, 6) is -3.59. The summed E-state index contributed by atoms with van der Waals surface area (Å²) in [5, 5.41) is 14.0. The van der Waals surface area contributed by atoms with Crippen LogP contribution in [0.1, 0.15) is 47.1 Å². The van der Waals surface area contributed by atoms with Crippen molar-refractivity contribution in [1.29, 1.82) is 0 Å². The number of carbonyl (C=O) groups is 6. The third-order valence-electron chi connectivity index (χ3n) is 11.3. The highest BCUT2D eigenvalue weighted by Crippen LogP contribution is 2.39. The van der Waals surface area contributed by atoms with Gasteiger partial charge in [0.05, 0.1) is 12.5 Å². The average Bonchev–Trinajstić information content (AvgIpc) is 4.20. The maximum atomic E-state index is 14.0. The molecule has 2 aliphatic carbocycles. The minimum absolute atomic E-state index is 0.0268. The highest BCUT2D eigenvalue weighted by Gasteiger charge is 2.34. The molecule has 0 spiro atoms. The van der Waals surface area contributed by atoms with Crippen LogP contribution in [0, 0.1) is 5.92 Å². The molecule has 1 saturated heterocycles. The van der Waals surface area contributed by atoms with E-state index in [2.05, 4.69) is 26.3 Å². The molecule has 0 bridgehead atoms. The molecule has 0 aromatic heterocycles. The van der Waals surface area contributed by atoms with Crippen LogP contribution < -0.4 is 19.5 Å². The summed E-state index contributed by atoms with van der Waals surface area (Å²) in [6.45, 7) is 24.2. The summed E-state index contributed by atoms with van der Waals surface area (Å²) < 4.78 is 40.7. The molecule has 6 rings (SSSR count). The molecule has 16 heteroatoms. The van der Waals surface area contributed by atoms with Gasteiger partial charge in [-0.3, -0.25) is 9.59 Å². The van der Waals surface area contributed by atoms with Crippen LogP contribution >= 0.6 is 0 Å². The van der Waals surface area contributed by atoms with Gasteiger partial charge >= 0.3 is 29.8 Å². The first kappa shape index (κ1) is 54.0. The summed E-state index contributed by atoms with van der Waals surface area (Å²) >= 11 is 0. The molecule has 73 heavy (non-hydrogen) atoms. The zero-order chi connectivity index (χ0) is 53.1. The number of nitrogens with zero attached hydrogens (tertiary/aromatic N) is 2. The van der Waals surface area contributed by atoms with Crippen LogP contribution in [0.5, 0.6) is 11.5 Å². The van der Waals surface area contributed by atoms with Crippen molar-refractivity contribution >= 4 is 64.0 Å². The fourth-order valence-corrected chi connectivity index (χ4v) is 7.19. The van der Waals surface area contributed by atoms with E-state index in [-0.39, 0.29) is 71.7 Å². The molecule has 0 saturated carbocycles. The van der Waals surface area contributed by atoms with Crippen LogP contribution in [0.25, 0.3) is 5.57 Å². The van der Waals surface area contributed by atoms with E-state index in [0.717, 1.165) is 0 Å². The minimum atomic E-state index is -0.798. The van der Waals surface area contributed by atoms with Gasteiger partial charge in [0.25, 0.3) is 0 Å². The highest BCUT2D eigenvalue weighted by atomic mass is 16.6. The van der Waals surface area contributed by atoms with Gasteiger partial charge in [-0.15, -0.1) is 0 Å². The Balaban J connectivity index is 1.34. The third-order valence-corrected chi connectivity index (χ3v) is 11.3. The van der Waals surface area contributed by atoms with E-state index < -0.39 is 59.4 Å². The van der Waals surface area contributed by atoms with Crippen LogP contribution in [0.15, 0.2) is 163 Å². The zero-order valence-corrected chi connectivity index (χ0v) is 41.7. The number of anilines is 2. The van der Waals surface area contributed by atoms with Crippen LogP contribution in [-0.2, 0) is 52.5 Å². The molecule has 0 amide bonds. The Morgan fingerprint density at radius 2 is 1.14 bits per heavy atom. The first-order valence-corrected chi connectivity index (χ1v) is 23.3. The van der Waals surface area contributed by atoms with Crippen molar-refractivity contribution in [1.82, 2.24) is 0 Å². The molecule has 0 N–H and O–H groups in total. The Kier molecular flexibility index (Phi) is 17.9. The van der Waals surface area contributed by atoms with Crippen molar-refractivity contribution in [2.45, 2.75) is 59.7 Å². The van der Waals surface area contributed by atoms with E-state index >= 15 is 0 Å². The normalized spacial score (nSPS) is 15.0. The van der Waals surface area contributed by atoms with Gasteiger partial charge in [0, 0.05) is 69.1 Å². The smallest absolute Gasteiger partial charge is 0.338 e. The third kappa shape index (κ3) is 13.9. The van der Waals surface area contributed by atoms with Gasteiger partial charge in [-0.25, -0.2) is 19.2 Å². The maximum Gasteiger partial charge on any atom is 0.338 e. The Labute approximate surface area is 424 Å². The standard InChI is InChI=1S/C57H58N2O14/c1-33(2)53(62)69-27-44(28-70-54(63)34(3)4)58(42-19-23-46(24-20-42)67-31-48-32-68-48)40-15-11-38(12-16-40)49-51(60)50(52(49)61)39-13-17-41(18-14-39)59(43-21-25-47(26-22-43)73-57(66)37(9)10)45(29-71-55(64)35(5)6)30-72-56(65)36(7)8/h11-26,36,44-45,48H,1,3,5,9,27-32H2,2,4,6-8,10H3. The monoisotopic (exact) mass is 994 g/mol. The molecule has 1 fully saturated rings. The number of hydrogen-bond acceptors (Lipinski definition) is 15. The van der Waals surface area contributed by atoms with Crippen molar-refractivity contribution in [3.63, 3.8) is 0 Å². The van der Waals surface area contributed by atoms with E-state index in [1.807, 2.05) is 4.90 Å². The lowest BCUT2D eigenvalue weighted by Crippen LogP contribution is -2.40. The fourth-order valence-electron chi connectivity index (χ4n) is 7.19. The number of Topliss-reactive ketones (excluding diaryl/α,β-unsaturated/α-hetero) is 1. The molecule has 1 heterocycles. The number of hydrogen-bond donors (Lipinski definition) is 0. The topological polar surface area (TPSA) is 200 Å². The second-order valence-corrected chi connectivity index (χ2v) is 17.9. The van der Waals surface area contributed by atoms with Gasteiger partial charge in [-0.1, -0.05) is 58.1 Å². The van der Waals surface area contributed by atoms with Crippen LogP contribution in [0.2, 0.25) is 0 Å². The minimum Gasteiger partial charge on any atom is -0.871 e. The van der Waals surface area contributed by atoms with Gasteiger partial charge in [0.1, 0.15) is 43.5 Å². The molecule has 3 aromatic carbocycles. The Bertz CT molecular complexity index is 2830. The molecule has 3 aromatic rings. The summed E-state index contributed by atoms with van der Waals surface area (Å²) in [4.78, 5) is 78.6. The molecule has 1 aliphatic heterocycles. The number of epoxide rings is 1. The molecule has 380 valence electrons. The van der Waals surface area contributed by atoms with Gasteiger partial charge < -0.3 is 43.2 Å². The summed E-state index contributed by atoms with van der Waals surface area (Å²) in [5.41, 5.74) is 3.56. The Hall–Kier alpha value is -8.37. The van der Waals surface area contributed by atoms with Crippen LogP contribution in [0.4, 0.5) is 17.1 Å². The largest absolute Gasteiger partial charge is 0.871 e. The van der Waals surface area contributed by atoms with Gasteiger partial charge in [-0.2, -0.15) is 4.58 Å². The first-order chi connectivity index (χ1) is 34.7. The molecule has 0 radical (unpaired) electrons. The molecular weight excluding hydrogens is 937 g/mol. The molecule has 2 atom stereocenters. The lowest BCUT2D eigenvalue weighted by molar-refractivity contribution is -0.491. The van der Waals surface area contributed by atoms with Crippen molar-refractivity contribution in [2.75, 3.05) is 44.5 Å². The predicted molar refractivity (Wildman–Crippen MR) is 270 cm³/mol. The van der Waals surface area contributed by atoms with E-state index in [4.69, 9.17) is 33.2 Å². The van der Waals surface area contributed by atoms with E-state index in [1.165, 1.54) is 27.7 Å². The second-order valence-electron chi connectivity index (χ2n) is 17.9. The lowest BCUT2D eigenvalue weighted by atomic mass is 9.80. The number of rotatable bonds is 23. The van der Waals surface area contributed by atoms with Crippen molar-refractivity contribution in [3.05, 3.63) is 168 Å². The number of ketones is 1. The first-order valence-electron chi connectivity index (χ1n) is 23.3. The summed E-state index contributed by atoms with van der Waals surface area (Å²) in [6.07, 6.45) is 6.62.